The van der Waals surface area contributed by atoms with Crippen LogP contribution in [-0.2, 0) is 6.54 Å². The molecule has 1 aromatic heterocycles. The summed E-state index contributed by atoms with van der Waals surface area (Å²) >= 11 is 3.27. The van der Waals surface area contributed by atoms with Crippen molar-refractivity contribution in [1.82, 2.24) is 9.78 Å². The van der Waals surface area contributed by atoms with Crippen molar-refractivity contribution in [3.8, 4) is 0 Å². The van der Waals surface area contributed by atoms with E-state index in [4.69, 9.17) is 5.11 Å². The van der Waals surface area contributed by atoms with Gasteiger partial charge in [-0.1, -0.05) is 0 Å². The fraction of sp³-hybridized carbons (Fsp3) is 0.600. The van der Waals surface area contributed by atoms with Crippen molar-refractivity contribution in [1.29, 1.82) is 0 Å². The highest BCUT2D eigenvalue weighted by atomic mass is 79.9. The van der Waals surface area contributed by atoms with E-state index in [0.29, 0.717) is 10.5 Å². The van der Waals surface area contributed by atoms with Gasteiger partial charge in [0.15, 0.2) is 0 Å². The number of rotatable bonds is 4. The molecule has 6 heteroatoms. The molecule has 1 aliphatic carbocycles. The molecule has 0 spiro atoms. The standard InChI is InChI=1S/C10H14BrN3O2/c11-9-8(13-7-2-1-3-7)6-12-14(4-5-15)10(9)16/h6-7,13,15H,1-5H2. The van der Waals surface area contributed by atoms with Crippen LogP contribution in [0.2, 0.25) is 0 Å². The van der Waals surface area contributed by atoms with Crippen LogP contribution in [0.4, 0.5) is 5.69 Å². The van der Waals surface area contributed by atoms with Gasteiger partial charge >= 0.3 is 0 Å². The van der Waals surface area contributed by atoms with Gasteiger partial charge in [-0.2, -0.15) is 5.10 Å². The first-order valence-electron chi connectivity index (χ1n) is 5.35. The van der Waals surface area contributed by atoms with Crippen molar-refractivity contribution in [2.24, 2.45) is 0 Å². The highest BCUT2D eigenvalue weighted by Gasteiger charge is 2.19. The maximum Gasteiger partial charge on any atom is 0.283 e. The number of nitrogens with zero attached hydrogens (tertiary/aromatic N) is 2. The molecule has 0 radical (unpaired) electrons. The van der Waals surface area contributed by atoms with Crippen molar-refractivity contribution < 1.29 is 5.11 Å². The Bertz CT molecular complexity index is 429. The Morgan fingerprint density at radius 1 is 1.62 bits per heavy atom. The summed E-state index contributed by atoms with van der Waals surface area (Å²) < 4.78 is 1.73. The summed E-state index contributed by atoms with van der Waals surface area (Å²) in [6.07, 6.45) is 5.15. The number of hydrogen-bond donors (Lipinski definition) is 2. The smallest absolute Gasteiger partial charge is 0.283 e. The van der Waals surface area contributed by atoms with Crippen LogP contribution in [0, 0.1) is 0 Å². The lowest BCUT2D eigenvalue weighted by molar-refractivity contribution is 0.266. The fourth-order valence-electron chi connectivity index (χ4n) is 1.59. The summed E-state index contributed by atoms with van der Waals surface area (Å²) in [6.45, 7) is 0.135. The summed E-state index contributed by atoms with van der Waals surface area (Å²) in [5, 5.41) is 16.0. The van der Waals surface area contributed by atoms with E-state index in [0.717, 1.165) is 18.5 Å². The zero-order chi connectivity index (χ0) is 11.5. The van der Waals surface area contributed by atoms with Crippen LogP contribution >= 0.6 is 15.9 Å². The number of halogens is 1. The van der Waals surface area contributed by atoms with Crippen LogP contribution in [0.25, 0.3) is 0 Å². The molecule has 0 aliphatic heterocycles. The molecule has 1 saturated carbocycles. The molecule has 0 aromatic carbocycles. The second-order valence-corrected chi connectivity index (χ2v) is 4.69. The number of hydrogen-bond acceptors (Lipinski definition) is 4. The van der Waals surface area contributed by atoms with E-state index >= 15 is 0 Å². The Labute approximate surface area is 102 Å². The Hall–Kier alpha value is -0.880. The van der Waals surface area contributed by atoms with Crippen LogP contribution in [0.3, 0.4) is 0 Å². The Morgan fingerprint density at radius 2 is 2.38 bits per heavy atom. The summed E-state index contributed by atoms with van der Waals surface area (Å²) in [5.74, 6) is 0. The van der Waals surface area contributed by atoms with Gasteiger partial charge in [0.2, 0.25) is 0 Å². The SMILES string of the molecule is O=c1c(Br)c(NC2CCC2)cnn1CCO. The molecule has 2 N–H and O–H groups in total. The molecule has 2 rings (SSSR count). The number of aliphatic hydroxyl groups is 1. The highest BCUT2D eigenvalue weighted by Crippen LogP contribution is 2.25. The van der Waals surface area contributed by atoms with Gasteiger partial charge in [0.25, 0.3) is 5.56 Å². The number of anilines is 1. The Morgan fingerprint density at radius 3 is 2.94 bits per heavy atom. The van der Waals surface area contributed by atoms with Crippen molar-refractivity contribution in [2.45, 2.75) is 31.8 Å². The normalized spacial score (nSPS) is 15.9. The Kier molecular flexibility index (Phi) is 3.60. The third-order valence-corrected chi connectivity index (χ3v) is 3.53. The van der Waals surface area contributed by atoms with E-state index in [2.05, 4.69) is 26.3 Å². The quantitative estimate of drug-likeness (QED) is 0.866. The maximum atomic E-state index is 11.8. The second-order valence-electron chi connectivity index (χ2n) is 3.90. The molecule has 0 bridgehead atoms. The molecule has 0 saturated heterocycles. The van der Waals surface area contributed by atoms with Crippen LogP contribution in [0.15, 0.2) is 15.5 Å². The average Bonchev–Trinajstić information content (AvgIpc) is 2.21. The topological polar surface area (TPSA) is 67.2 Å². The van der Waals surface area contributed by atoms with Crippen LogP contribution < -0.4 is 10.9 Å². The zero-order valence-electron chi connectivity index (χ0n) is 8.82. The molecular formula is C10H14BrN3O2. The van der Waals surface area contributed by atoms with Crippen molar-refractivity contribution in [3.05, 3.63) is 21.0 Å². The molecule has 5 nitrogen and oxygen atoms in total. The minimum atomic E-state index is -0.210. The summed E-state index contributed by atoms with van der Waals surface area (Å²) in [5.41, 5.74) is 0.530. The average molecular weight is 288 g/mol. The van der Waals surface area contributed by atoms with E-state index in [-0.39, 0.29) is 18.7 Å². The minimum absolute atomic E-state index is 0.0885. The van der Waals surface area contributed by atoms with Crippen molar-refractivity contribution in [2.75, 3.05) is 11.9 Å². The summed E-state index contributed by atoms with van der Waals surface area (Å²) in [7, 11) is 0. The Balaban J connectivity index is 2.20. The number of aliphatic hydroxyl groups excluding tert-OH is 1. The predicted molar refractivity (Wildman–Crippen MR) is 64.5 cm³/mol. The van der Waals surface area contributed by atoms with Gasteiger partial charge in [0.1, 0.15) is 4.47 Å². The van der Waals surface area contributed by atoms with Gasteiger partial charge < -0.3 is 10.4 Å². The maximum absolute atomic E-state index is 11.8. The van der Waals surface area contributed by atoms with E-state index in [1.54, 1.807) is 6.20 Å². The monoisotopic (exact) mass is 287 g/mol. The van der Waals surface area contributed by atoms with E-state index in [1.807, 2.05) is 0 Å². The third-order valence-electron chi connectivity index (χ3n) is 2.76. The van der Waals surface area contributed by atoms with Gasteiger partial charge in [0.05, 0.1) is 25.0 Å². The lowest BCUT2D eigenvalue weighted by Crippen LogP contribution is -2.30. The van der Waals surface area contributed by atoms with Crippen molar-refractivity contribution >= 4 is 21.6 Å². The minimum Gasteiger partial charge on any atom is -0.394 e. The summed E-state index contributed by atoms with van der Waals surface area (Å²) in [6, 6.07) is 0.464. The molecule has 88 valence electrons. The van der Waals surface area contributed by atoms with Crippen molar-refractivity contribution in [3.63, 3.8) is 0 Å². The van der Waals surface area contributed by atoms with Gasteiger partial charge in [-0.15, -0.1) is 0 Å². The highest BCUT2D eigenvalue weighted by molar-refractivity contribution is 9.10. The first-order chi connectivity index (χ1) is 7.72. The number of nitrogens with one attached hydrogen (secondary N) is 1. The molecule has 0 atom stereocenters. The van der Waals surface area contributed by atoms with Crippen LogP contribution in [-0.4, -0.2) is 27.5 Å². The molecule has 0 amide bonds. The lowest BCUT2D eigenvalue weighted by atomic mass is 9.93. The lowest BCUT2D eigenvalue weighted by Gasteiger charge is -2.27. The molecule has 16 heavy (non-hydrogen) atoms. The van der Waals surface area contributed by atoms with Gasteiger partial charge in [0, 0.05) is 6.04 Å². The molecule has 1 heterocycles. The van der Waals surface area contributed by atoms with Gasteiger partial charge in [-0.3, -0.25) is 4.79 Å². The van der Waals surface area contributed by atoms with Crippen LogP contribution in [0.5, 0.6) is 0 Å². The third kappa shape index (κ3) is 2.27. The molecule has 1 aromatic rings. The fourth-order valence-corrected chi connectivity index (χ4v) is 2.01. The van der Waals surface area contributed by atoms with E-state index in [1.165, 1.54) is 11.1 Å². The molecule has 0 unspecified atom stereocenters. The first-order valence-corrected chi connectivity index (χ1v) is 6.14. The van der Waals surface area contributed by atoms with E-state index < -0.39 is 0 Å². The predicted octanol–water partition coefficient (Wildman–Crippen LogP) is 0.962. The second kappa shape index (κ2) is 4.97. The largest absolute Gasteiger partial charge is 0.394 e. The van der Waals surface area contributed by atoms with Crippen LogP contribution in [0.1, 0.15) is 19.3 Å². The van der Waals surface area contributed by atoms with E-state index in [9.17, 15) is 4.79 Å². The van der Waals surface area contributed by atoms with Gasteiger partial charge in [-0.05, 0) is 35.2 Å². The summed E-state index contributed by atoms with van der Waals surface area (Å²) in [4.78, 5) is 11.8. The molecule has 1 fully saturated rings. The number of aromatic nitrogens is 2. The zero-order valence-corrected chi connectivity index (χ0v) is 10.4. The van der Waals surface area contributed by atoms with Gasteiger partial charge in [-0.25, -0.2) is 4.68 Å². The molecular weight excluding hydrogens is 274 g/mol. The molecule has 1 aliphatic rings. The first kappa shape index (κ1) is 11.6.